The molecule has 0 saturated carbocycles. The van der Waals surface area contributed by atoms with Crippen LogP contribution in [0.4, 0.5) is 0 Å². The third-order valence-corrected chi connectivity index (χ3v) is 2.90. The van der Waals surface area contributed by atoms with Crippen LogP contribution in [-0.2, 0) is 14.4 Å². The molecule has 3 amide bonds. The van der Waals surface area contributed by atoms with Gasteiger partial charge in [-0.05, 0) is 34.6 Å². The summed E-state index contributed by atoms with van der Waals surface area (Å²) in [5.74, 6) is -2.63. The summed E-state index contributed by atoms with van der Waals surface area (Å²) in [5, 5.41) is 0. The van der Waals surface area contributed by atoms with Crippen LogP contribution in [0.5, 0.6) is 0 Å². The molecular weight excluding hydrogens is 208 g/mol. The van der Waals surface area contributed by atoms with Crippen molar-refractivity contribution in [3.8, 4) is 0 Å². The standard InChI is InChI=1S/C11H18N2O3/c1-10(2,3)13-8(15)6(7(12)14)11(4,5)9(13)16/h6H,1-5H3,(H2,12,14). The average molecular weight is 226 g/mol. The highest BCUT2D eigenvalue weighted by Crippen LogP contribution is 2.40. The molecule has 0 radical (unpaired) electrons. The lowest BCUT2D eigenvalue weighted by Gasteiger charge is -2.30. The van der Waals surface area contributed by atoms with E-state index in [2.05, 4.69) is 0 Å². The molecule has 0 aliphatic carbocycles. The number of rotatable bonds is 1. The van der Waals surface area contributed by atoms with Gasteiger partial charge in [-0.2, -0.15) is 0 Å². The van der Waals surface area contributed by atoms with Crippen LogP contribution in [0.25, 0.3) is 0 Å². The number of imide groups is 1. The Morgan fingerprint density at radius 3 is 1.94 bits per heavy atom. The van der Waals surface area contributed by atoms with E-state index >= 15 is 0 Å². The minimum absolute atomic E-state index is 0.339. The summed E-state index contributed by atoms with van der Waals surface area (Å²) in [5.41, 5.74) is 3.52. The maximum absolute atomic E-state index is 12.1. The van der Waals surface area contributed by atoms with Crippen LogP contribution in [0.3, 0.4) is 0 Å². The van der Waals surface area contributed by atoms with Crippen LogP contribution in [0.2, 0.25) is 0 Å². The number of carbonyl (C=O) groups excluding carboxylic acids is 3. The fourth-order valence-corrected chi connectivity index (χ4v) is 2.06. The van der Waals surface area contributed by atoms with E-state index in [9.17, 15) is 14.4 Å². The van der Waals surface area contributed by atoms with Gasteiger partial charge in [0.15, 0.2) is 0 Å². The second-order valence-corrected chi connectivity index (χ2v) is 5.71. The van der Waals surface area contributed by atoms with Crippen molar-refractivity contribution in [1.82, 2.24) is 4.90 Å². The first-order valence-corrected chi connectivity index (χ1v) is 5.19. The smallest absolute Gasteiger partial charge is 0.243 e. The maximum Gasteiger partial charge on any atom is 0.243 e. The molecular formula is C11H18N2O3. The number of likely N-dealkylation sites (tertiary alicyclic amines) is 1. The zero-order valence-electron chi connectivity index (χ0n) is 10.3. The summed E-state index contributed by atoms with van der Waals surface area (Å²) >= 11 is 0. The molecule has 0 bridgehead atoms. The number of nitrogens with zero attached hydrogens (tertiary/aromatic N) is 1. The van der Waals surface area contributed by atoms with Crippen molar-refractivity contribution in [2.45, 2.75) is 40.2 Å². The fraction of sp³-hybridized carbons (Fsp3) is 0.727. The van der Waals surface area contributed by atoms with Crippen molar-refractivity contribution < 1.29 is 14.4 Å². The van der Waals surface area contributed by atoms with E-state index in [-0.39, 0.29) is 5.91 Å². The molecule has 5 nitrogen and oxygen atoms in total. The lowest BCUT2D eigenvalue weighted by Crippen LogP contribution is -2.47. The summed E-state index contributed by atoms with van der Waals surface area (Å²) in [6.07, 6.45) is 0. The van der Waals surface area contributed by atoms with Crippen molar-refractivity contribution in [2.75, 3.05) is 0 Å². The third-order valence-electron chi connectivity index (χ3n) is 2.90. The van der Waals surface area contributed by atoms with E-state index in [0.717, 1.165) is 4.90 Å². The first-order chi connectivity index (χ1) is 7.01. The molecule has 0 aromatic carbocycles. The number of nitrogens with two attached hydrogens (primary N) is 1. The number of hydrogen-bond acceptors (Lipinski definition) is 3. The Morgan fingerprint density at radius 2 is 1.75 bits per heavy atom. The van der Waals surface area contributed by atoms with E-state index in [1.807, 2.05) is 0 Å². The van der Waals surface area contributed by atoms with Gasteiger partial charge < -0.3 is 5.73 Å². The van der Waals surface area contributed by atoms with Crippen molar-refractivity contribution >= 4 is 17.7 Å². The molecule has 16 heavy (non-hydrogen) atoms. The number of amides is 3. The summed E-state index contributed by atoms with van der Waals surface area (Å²) < 4.78 is 0. The Bertz CT molecular complexity index is 366. The largest absolute Gasteiger partial charge is 0.369 e. The first kappa shape index (κ1) is 12.7. The van der Waals surface area contributed by atoms with Crippen molar-refractivity contribution in [3.63, 3.8) is 0 Å². The molecule has 1 atom stereocenters. The topological polar surface area (TPSA) is 80.5 Å². The molecule has 1 rings (SSSR count). The molecule has 0 aromatic rings. The second-order valence-electron chi connectivity index (χ2n) is 5.71. The van der Waals surface area contributed by atoms with Crippen LogP contribution in [0, 0.1) is 11.3 Å². The lowest BCUT2D eigenvalue weighted by atomic mass is 9.80. The van der Waals surface area contributed by atoms with Gasteiger partial charge in [-0.1, -0.05) is 0 Å². The van der Waals surface area contributed by atoms with E-state index in [4.69, 9.17) is 5.73 Å². The minimum Gasteiger partial charge on any atom is -0.369 e. The van der Waals surface area contributed by atoms with E-state index in [1.54, 1.807) is 34.6 Å². The molecule has 1 aliphatic heterocycles. The molecule has 1 fully saturated rings. The van der Waals surface area contributed by atoms with Crippen molar-refractivity contribution in [2.24, 2.45) is 17.1 Å². The Hall–Kier alpha value is -1.39. The van der Waals surface area contributed by atoms with Crippen LogP contribution in [-0.4, -0.2) is 28.2 Å². The number of primary amides is 1. The quantitative estimate of drug-likeness (QED) is 0.515. The Labute approximate surface area is 95.0 Å². The number of hydrogen-bond donors (Lipinski definition) is 1. The summed E-state index contributed by atoms with van der Waals surface area (Å²) in [6.45, 7) is 8.41. The van der Waals surface area contributed by atoms with Gasteiger partial charge in [-0.25, -0.2) is 0 Å². The maximum atomic E-state index is 12.1. The molecule has 0 aromatic heterocycles. The van der Waals surface area contributed by atoms with Crippen molar-refractivity contribution in [3.05, 3.63) is 0 Å². The van der Waals surface area contributed by atoms with E-state index < -0.39 is 28.7 Å². The highest BCUT2D eigenvalue weighted by atomic mass is 16.2. The zero-order chi connectivity index (χ0) is 12.9. The molecule has 5 heteroatoms. The summed E-state index contributed by atoms with van der Waals surface area (Å²) in [6, 6.07) is 0. The molecule has 0 spiro atoms. The van der Waals surface area contributed by atoms with Gasteiger partial charge in [-0.15, -0.1) is 0 Å². The first-order valence-electron chi connectivity index (χ1n) is 5.19. The Balaban J connectivity index is 3.28. The van der Waals surface area contributed by atoms with Gasteiger partial charge in [0.05, 0.1) is 5.41 Å². The predicted molar refractivity (Wildman–Crippen MR) is 58.1 cm³/mol. The fourth-order valence-electron chi connectivity index (χ4n) is 2.06. The lowest BCUT2D eigenvalue weighted by molar-refractivity contribution is -0.146. The van der Waals surface area contributed by atoms with Crippen molar-refractivity contribution in [1.29, 1.82) is 0 Å². The van der Waals surface area contributed by atoms with Gasteiger partial charge in [0.25, 0.3) is 0 Å². The average Bonchev–Trinajstić information content (AvgIpc) is 2.16. The van der Waals surface area contributed by atoms with Gasteiger partial charge in [0.2, 0.25) is 17.7 Å². The van der Waals surface area contributed by atoms with E-state index in [1.165, 1.54) is 0 Å². The third kappa shape index (κ3) is 1.60. The van der Waals surface area contributed by atoms with Gasteiger partial charge in [0, 0.05) is 5.54 Å². The SMILES string of the molecule is CC1(C)C(=O)N(C(C)(C)C)C(=O)C1C(N)=O. The molecule has 90 valence electrons. The minimum atomic E-state index is -1.06. The normalized spacial score (nSPS) is 25.1. The predicted octanol–water partition coefficient (Wildman–Crippen LogP) is 0.281. The highest BCUT2D eigenvalue weighted by Gasteiger charge is 2.58. The van der Waals surface area contributed by atoms with Crippen LogP contribution >= 0.6 is 0 Å². The Kier molecular flexibility index (Phi) is 2.61. The van der Waals surface area contributed by atoms with Gasteiger partial charge in [-0.3, -0.25) is 19.3 Å². The highest BCUT2D eigenvalue weighted by molar-refractivity contribution is 6.16. The molecule has 1 heterocycles. The molecule has 1 aliphatic rings. The summed E-state index contributed by atoms with van der Waals surface area (Å²) in [4.78, 5) is 36.5. The Morgan fingerprint density at radius 1 is 1.31 bits per heavy atom. The monoisotopic (exact) mass is 226 g/mol. The summed E-state index contributed by atoms with van der Waals surface area (Å²) in [7, 11) is 0. The molecule has 1 saturated heterocycles. The van der Waals surface area contributed by atoms with E-state index in [0.29, 0.717) is 0 Å². The van der Waals surface area contributed by atoms with Crippen LogP contribution in [0.15, 0.2) is 0 Å². The van der Waals surface area contributed by atoms with Crippen LogP contribution in [0.1, 0.15) is 34.6 Å². The number of carbonyl (C=O) groups is 3. The second kappa shape index (κ2) is 3.30. The molecule has 1 unspecified atom stereocenters. The van der Waals surface area contributed by atoms with Gasteiger partial charge in [0.1, 0.15) is 5.92 Å². The molecule has 2 N–H and O–H groups in total. The van der Waals surface area contributed by atoms with Gasteiger partial charge >= 0.3 is 0 Å². The van der Waals surface area contributed by atoms with Crippen LogP contribution < -0.4 is 5.73 Å². The zero-order valence-corrected chi connectivity index (χ0v) is 10.3.